The van der Waals surface area contributed by atoms with Crippen LogP contribution >= 0.6 is 11.3 Å². The Morgan fingerprint density at radius 1 is 1.29 bits per heavy atom. The first-order valence-electron chi connectivity index (χ1n) is 8.05. The van der Waals surface area contributed by atoms with Gasteiger partial charge < -0.3 is 10.4 Å². The molecule has 1 atom stereocenters. The van der Waals surface area contributed by atoms with Crippen LogP contribution in [-0.2, 0) is 13.0 Å². The highest BCUT2D eigenvalue weighted by molar-refractivity contribution is 7.11. The second kappa shape index (κ2) is 7.59. The summed E-state index contributed by atoms with van der Waals surface area (Å²) in [6, 6.07) is 10.6. The van der Waals surface area contributed by atoms with E-state index < -0.39 is 0 Å². The number of aliphatic hydroxyl groups excluding tert-OH is 1. The third kappa shape index (κ3) is 4.01. The Labute approximate surface area is 146 Å². The van der Waals surface area contributed by atoms with Crippen molar-refractivity contribution < 1.29 is 5.11 Å². The quantitative estimate of drug-likeness (QED) is 0.691. The van der Waals surface area contributed by atoms with Crippen LogP contribution in [0.3, 0.4) is 0 Å². The van der Waals surface area contributed by atoms with Gasteiger partial charge in [-0.25, -0.2) is 4.98 Å². The Kier molecular flexibility index (Phi) is 5.27. The van der Waals surface area contributed by atoms with Crippen LogP contribution in [0.2, 0.25) is 0 Å². The smallest absolute Gasteiger partial charge is 0.0975 e. The number of nitrogens with zero attached hydrogens (tertiary/aromatic N) is 3. The summed E-state index contributed by atoms with van der Waals surface area (Å²) in [4.78, 5) is 5.97. The minimum Gasteiger partial charge on any atom is -0.394 e. The first-order valence-corrected chi connectivity index (χ1v) is 8.87. The summed E-state index contributed by atoms with van der Waals surface area (Å²) in [5.74, 6) is 0. The van der Waals surface area contributed by atoms with Crippen molar-refractivity contribution in [3.8, 4) is 0 Å². The van der Waals surface area contributed by atoms with Crippen LogP contribution in [0.4, 0.5) is 5.69 Å². The fourth-order valence-electron chi connectivity index (χ4n) is 2.69. The number of thiazole rings is 1. The Morgan fingerprint density at radius 3 is 2.83 bits per heavy atom. The van der Waals surface area contributed by atoms with Gasteiger partial charge in [-0.3, -0.25) is 4.68 Å². The molecular formula is C18H22N4OS. The van der Waals surface area contributed by atoms with Gasteiger partial charge in [0.25, 0.3) is 0 Å². The van der Waals surface area contributed by atoms with Gasteiger partial charge in [0.1, 0.15) is 0 Å². The summed E-state index contributed by atoms with van der Waals surface area (Å²) < 4.78 is 1.73. The maximum atomic E-state index is 8.96. The maximum absolute atomic E-state index is 8.96. The van der Waals surface area contributed by atoms with Gasteiger partial charge >= 0.3 is 0 Å². The monoisotopic (exact) mass is 342 g/mol. The first kappa shape index (κ1) is 16.7. The van der Waals surface area contributed by atoms with E-state index >= 15 is 0 Å². The molecule has 24 heavy (non-hydrogen) atoms. The van der Waals surface area contributed by atoms with Gasteiger partial charge in [-0.2, -0.15) is 5.10 Å². The Balaban J connectivity index is 1.69. The van der Waals surface area contributed by atoms with E-state index in [0.29, 0.717) is 6.54 Å². The van der Waals surface area contributed by atoms with Gasteiger partial charge in [-0.1, -0.05) is 30.3 Å². The van der Waals surface area contributed by atoms with Crippen molar-refractivity contribution in [2.24, 2.45) is 0 Å². The van der Waals surface area contributed by atoms with Crippen LogP contribution < -0.4 is 5.32 Å². The van der Waals surface area contributed by atoms with Crippen molar-refractivity contribution in [3.63, 3.8) is 0 Å². The largest absolute Gasteiger partial charge is 0.394 e. The Morgan fingerprint density at radius 2 is 2.08 bits per heavy atom. The van der Waals surface area contributed by atoms with Crippen LogP contribution in [0.25, 0.3) is 0 Å². The lowest BCUT2D eigenvalue weighted by Gasteiger charge is -2.12. The Hall–Kier alpha value is -2.18. The van der Waals surface area contributed by atoms with E-state index in [-0.39, 0.29) is 12.6 Å². The minimum absolute atomic E-state index is 0.0907. The summed E-state index contributed by atoms with van der Waals surface area (Å²) in [5, 5.41) is 17.8. The van der Waals surface area contributed by atoms with Crippen molar-refractivity contribution >= 4 is 17.0 Å². The average Bonchev–Trinajstić information content (AvgIpc) is 3.15. The van der Waals surface area contributed by atoms with Crippen LogP contribution in [0.15, 0.2) is 42.7 Å². The zero-order valence-electron chi connectivity index (χ0n) is 13.9. The van der Waals surface area contributed by atoms with Gasteiger partial charge in [0.05, 0.1) is 41.8 Å². The summed E-state index contributed by atoms with van der Waals surface area (Å²) in [5.41, 5.74) is 3.31. The highest BCUT2D eigenvalue weighted by Crippen LogP contribution is 2.29. The number of anilines is 1. The van der Waals surface area contributed by atoms with Crippen molar-refractivity contribution in [2.75, 3.05) is 11.9 Å². The highest BCUT2D eigenvalue weighted by Gasteiger charge is 2.15. The number of benzene rings is 1. The molecule has 1 aromatic carbocycles. The molecule has 0 aliphatic carbocycles. The standard InChI is InChI=1S/C18H22N4OS/c1-13(20-16-11-19-22(12-16)8-9-23)18-14(2)21-17(24-18)10-15-6-4-3-5-7-15/h3-7,11-13,20,23H,8-10H2,1-2H3. The summed E-state index contributed by atoms with van der Waals surface area (Å²) in [7, 11) is 0. The van der Waals surface area contributed by atoms with Crippen LogP contribution in [0.5, 0.6) is 0 Å². The van der Waals surface area contributed by atoms with Crippen LogP contribution in [0, 0.1) is 6.92 Å². The fourth-order valence-corrected chi connectivity index (χ4v) is 3.80. The second-order valence-electron chi connectivity index (χ2n) is 5.80. The van der Waals surface area contributed by atoms with Crippen molar-refractivity contribution in [1.29, 1.82) is 0 Å². The number of aromatic nitrogens is 3. The van der Waals surface area contributed by atoms with Gasteiger partial charge in [0, 0.05) is 17.5 Å². The normalized spacial score (nSPS) is 12.3. The van der Waals surface area contributed by atoms with E-state index in [9.17, 15) is 0 Å². The molecule has 0 amide bonds. The summed E-state index contributed by atoms with van der Waals surface area (Å²) in [6.45, 7) is 4.80. The lowest BCUT2D eigenvalue weighted by atomic mass is 10.2. The second-order valence-corrected chi connectivity index (χ2v) is 6.92. The Bertz CT molecular complexity index is 781. The molecule has 5 nitrogen and oxygen atoms in total. The molecule has 2 N–H and O–H groups in total. The number of aliphatic hydroxyl groups is 1. The van der Waals surface area contributed by atoms with E-state index in [0.717, 1.165) is 22.8 Å². The summed E-state index contributed by atoms with van der Waals surface area (Å²) in [6.07, 6.45) is 4.56. The van der Waals surface area contributed by atoms with Gasteiger partial charge in [0.15, 0.2) is 0 Å². The molecule has 0 aliphatic heterocycles. The predicted molar refractivity (Wildman–Crippen MR) is 97.4 cm³/mol. The van der Waals surface area contributed by atoms with Crippen molar-refractivity contribution in [1.82, 2.24) is 14.8 Å². The molecule has 2 aromatic heterocycles. The van der Waals surface area contributed by atoms with Gasteiger partial charge in [0.2, 0.25) is 0 Å². The van der Waals surface area contributed by atoms with E-state index in [4.69, 9.17) is 10.1 Å². The molecule has 0 saturated heterocycles. The maximum Gasteiger partial charge on any atom is 0.0975 e. The molecule has 3 rings (SSSR count). The third-order valence-corrected chi connectivity index (χ3v) is 5.15. The molecule has 0 bridgehead atoms. The number of hydrogen-bond acceptors (Lipinski definition) is 5. The number of aryl methyl sites for hydroxylation is 1. The number of rotatable bonds is 7. The molecule has 0 saturated carbocycles. The zero-order chi connectivity index (χ0) is 16.9. The molecule has 1 unspecified atom stereocenters. The summed E-state index contributed by atoms with van der Waals surface area (Å²) >= 11 is 1.76. The molecule has 2 heterocycles. The molecule has 0 aliphatic rings. The third-order valence-electron chi connectivity index (χ3n) is 3.81. The van der Waals surface area contributed by atoms with Gasteiger partial charge in [-0.15, -0.1) is 11.3 Å². The van der Waals surface area contributed by atoms with Crippen LogP contribution in [-0.4, -0.2) is 26.5 Å². The SMILES string of the molecule is Cc1nc(Cc2ccccc2)sc1C(C)Nc1cnn(CCO)c1. The molecule has 126 valence electrons. The molecular weight excluding hydrogens is 320 g/mol. The molecule has 0 spiro atoms. The lowest BCUT2D eigenvalue weighted by molar-refractivity contribution is 0.269. The molecule has 0 fully saturated rings. The van der Waals surface area contributed by atoms with E-state index in [2.05, 4.69) is 48.5 Å². The van der Waals surface area contributed by atoms with Gasteiger partial charge in [-0.05, 0) is 19.4 Å². The van der Waals surface area contributed by atoms with Crippen LogP contribution in [0.1, 0.15) is 34.1 Å². The first-order chi connectivity index (χ1) is 11.7. The van der Waals surface area contributed by atoms with Crippen molar-refractivity contribution in [3.05, 3.63) is 63.9 Å². The fraction of sp³-hybridized carbons (Fsp3) is 0.333. The van der Waals surface area contributed by atoms with E-state index in [1.165, 1.54) is 10.4 Å². The van der Waals surface area contributed by atoms with Crippen molar-refractivity contribution in [2.45, 2.75) is 32.9 Å². The number of nitrogens with one attached hydrogen (secondary N) is 1. The van der Waals surface area contributed by atoms with E-state index in [1.807, 2.05) is 12.3 Å². The minimum atomic E-state index is 0.0907. The zero-order valence-corrected chi connectivity index (χ0v) is 14.8. The average molecular weight is 342 g/mol. The topological polar surface area (TPSA) is 63.0 Å². The molecule has 3 aromatic rings. The predicted octanol–water partition coefficient (Wildman–Crippen LogP) is 3.40. The molecule has 0 radical (unpaired) electrons. The number of hydrogen-bond donors (Lipinski definition) is 2. The molecule has 6 heteroatoms. The highest BCUT2D eigenvalue weighted by atomic mass is 32.1. The lowest BCUT2D eigenvalue weighted by Crippen LogP contribution is -2.06. The van der Waals surface area contributed by atoms with E-state index in [1.54, 1.807) is 22.2 Å².